The average Bonchev–Trinajstić information content (AvgIpc) is 2.90. The Morgan fingerprint density at radius 3 is 3.13 bits per heavy atom. The summed E-state index contributed by atoms with van der Waals surface area (Å²) in [6.45, 7) is 1.02. The van der Waals surface area contributed by atoms with Gasteiger partial charge in [0.2, 0.25) is 0 Å². The summed E-state index contributed by atoms with van der Waals surface area (Å²) < 4.78 is 11.4. The van der Waals surface area contributed by atoms with Crippen molar-refractivity contribution in [2.75, 3.05) is 13.6 Å². The molecule has 2 aliphatic carbocycles. The van der Waals surface area contributed by atoms with Crippen LogP contribution in [0.3, 0.4) is 0 Å². The Morgan fingerprint density at radius 1 is 1.43 bits per heavy atom. The van der Waals surface area contributed by atoms with Crippen LogP contribution < -0.4 is 9.47 Å². The highest BCUT2D eigenvalue weighted by molar-refractivity contribution is 5.61. The average molecular weight is 312 g/mol. The number of likely N-dealkylation sites (tertiary alicyclic amines) is 1. The van der Waals surface area contributed by atoms with Crippen LogP contribution in [0.4, 0.5) is 0 Å². The fraction of sp³-hybridized carbons (Fsp3) is 0.611. The maximum absolute atomic E-state index is 10.6. The van der Waals surface area contributed by atoms with E-state index in [0.29, 0.717) is 23.5 Å². The van der Waals surface area contributed by atoms with Crippen molar-refractivity contribution in [1.29, 1.82) is 5.26 Å². The summed E-state index contributed by atoms with van der Waals surface area (Å²) in [7, 11) is 2.21. The first-order valence-corrected chi connectivity index (χ1v) is 8.44. The van der Waals surface area contributed by atoms with Crippen LogP contribution in [0.25, 0.3) is 0 Å². The van der Waals surface area contributed by atoms with Crippen LogP contribution in [0, 0.1) is 17.4 Å². The molecule has 23 heavy (non-hydrogen) atoms. The zero-order valence-electron chi connectivity index (χ0n) is 13.2. The number of benzene rings is 1. The largest absolute Gasteiger partial charge is 0.482 e. The summed E-state index contributed by atoms with van der Waals surface area (Å²) in [4.78, 5) is 2.48. The lowest BCUT2D eigenvalue weighted by molar-refractivity contribution is -0.0993. The molecule has 4 aliphatic rings. The Morgan fingerprint density at radius 2 is 2.30 bits per heavy atom. The first kappa shape index (κ1) is 13.6. The van der Waals surface area contributed by atoms with Crippen molar-refractivity contribution >= 4 is 0 Å². The van der Waals surface area contributed by atoms with E-state index in [1.165, 1.54) is 11.1 Å². The zero-order chi connectivity index (χ0) is 15.8. The minimum absolute atomic E-state index is 0.105. The molecule has 0 amide bonds. The van der Waals surface area contributed by atoms with Crippen LogP contribution in [0.15, 0.2) is 12.1 Å². The third-order valence-electron chi connectivity index (χ3n) is 6.70. The van der Waals surface area contributed by atoms with Gasteiger partial charge in [0, 0.05) is 17.0 Å². The molecule has 5 rings (SSSR count). The molecular formula is C18H20N2O3. The van der Waals surface area contributed by atoms with E-state index >= 15 is 0 Å². The number of nitrogens with zero attached hydrogens (tertiary/aromatic N) is 2. The van der Waals surface area contributed by atoms with Crippen LogP contribution in [0.5, 0.6) is 11.5 Å². The van der Waals surface area contributed by atoms with Crippen molar-refractivity contribution in [3.05, 3.63) is 23.3 Å². The van der Waals surface area contributed by atoms with E-state index in [-0.39, 0.29) is 11.5 Å². The van der Waals surface area contributed by atoms with E-state index in [1.807, 2.05) is 6.07 Å². The van der Waals surface area contributed by atoms with Crippen LogP contribution >= 0.6 is 0 Å². The van der Waals surface area contributed by atoms with Crippen LogP contribution in [-0.4, -0.2) is 41.8 Å². The lowest BCUT2D eigenvalue weighted by atomic mass is 9.51. The standard InChI is InChI=1S/C18H20N2O3/c1-20-7-6-18-11-3-4-13(21)17(18)23-16-14(22-9-19)5-2-10(15(16)18)8-12(11)20/h2,5,11-13,17,21H,3-4,6-8H2,1H3/t11-,12+,13-,17-,18-/m0/s1. The molecule has 0 unspecified atom stereocenters. The molecule has 1 spiro atoms. The highest BCUT2D eigenvalue weighted by Crippen LogP contribution is 2.63. The van der Waals surface area contributed by atoms with Gasteiger partial charge in [0.25, 0.3) is 6.26 Å². The summed E-state index contributed by atoms with van der Waals surface area (Å²) in [5, 5.41) is 19.6. The zero-order valence-corrected chi connectivity index (χ0v) is 13.2. The maximum atomic E-state index is 10.6. The van der Waals surface area contributed by atoms with Crippen molar-refractivity contribution in [3.63, 3.8) is 0 Å². The molecule has 1 N–H and O–H groups in total. The number of likely N-dealkylation sites (N-methyl/N-ethyl adjacent to an activating group) is 1. The van der Waals surface area contributed by atoms with Gasteiger partial charge in [0.1, 0.15) is 6.10 Å². The van der Waals surface area contributed by atoms with Gasteiger partial charge in [-0.25, -0.2) is 0 Å². The Bertz CT molecular complexity index is 728. The Hall–Kier alpha value is -1.77. The second-order valence-electron chi connectivity index (χ2n) is 7.45. The van der Waals surface area contributed by atoms with Crippen molar-refractivity contribution in [1.82, 2.24) is 4.90 Å². The quantitative estimate of drug-likeness (QED) is 0.798. The summed E-state index contributed by atoms with van der Waals surface area (Å²) >= 11 is 0. The van der Waals surface area contributed by atoms with Gasteiger partial charge in [-0.3, -0.25) is 0 Å². The third-order valence-corrected chi connectivity index (χ3v) is 6.70. The maximum Gasteiger partial charge on any atom is 0.292 e. The van der Waals surface area contributed by atoms with Gasteiger partial charge in [0.05, 0.1) is 6.10 Å². The number of nitriles is 1. The summed E-state index contributed by atoms with van der Waals surface area (Å²) in [6, 6.07) is 4.44. The molecule has 5 atom stereocenters. The summed E-state index contributed by atoms with van der Waals surface area (Å²) in [5.74, 6) is 1.72. The number of aliphatic hydroxyl groups excluding tert-OH is 1. The first-order chi connectivity index (χ1) is 11.2. The molecule has 5 heteroatoms. The molecule has 2 fully saturated rings. The van der Waals surface area contributed by atoms with Gasteiger partial charge < -0.3 is 19.5 Å². The van der Waals surface area contributed by atoms with Crippen LogP contribution in [0.1, 0.15) is 30.4 Å². The van der Waals surface area contributed by atoms with E-state index in [9.17, 15) is 5.11 Å². The van der Waals surface area contributed by atoms with Gasteiger partial charge in [-0.05, 0) is 56.8 Å². The number of ether oxygens (including phenoxy) is 2. The Balaban J connectivity index is 1.78. The Labute approximate surface area is 135 Å². The van der Waals surface area contributed by atoms with Gasteiger partial charge in [-0.15, -0.1) is 5.26 Å². The summed E-state index contributed by atoms with van der Waals surface area (Å²) in [5.41, 5.74) is 2.42. The van der Waals surface area contributed by atoms with Gasteiger partial charge in [0.15, 0.2) is 11.5 Å². The molecule has 0 aromatic heterocycles. The van der Waals surface area contributed by atoms with E-state index in [4.69, 9.17) is 14.7 Å². The third kappa shape index (κ3) is 1.49. The molecule has 0 radical (unpaired) electrons. The van der Waals surface area contributed by atoms with Crippen LogP contribution in [0.2, 0.25) is 0 Å². The molecule has 1 saturated carbocycles. The lowest BCUT2D eigenvalue weighted by Crippen LogP contribution is -2.66. The molecule has 1 aromatic rings. The smallest absolute Gasteiger partial charge is 0.292 e. The van der Waals surface area contributed by atoms with Gasteiger partial charge >= 0.3 is 0 Å². The molecule has 2 heterocycles. The molecule has 2 bridgehead atoms. The van der Waals surface area contributed by atoms with Crippen molar-refractivity contribution in [2.24, 2.45) is 5.92 Å². The molecular weight excluding hydrogens is 292 g/mol. The fourth-order valence-electron chi connectivity index (χ4n) is 5.83. The Kier molecular flexibility index (Phi) is 2.61. The van der Waals surface area contributed by atoms with Crippen molar-refractivity contribution in [3.8, 4) is 17.8 Å². The second kappa shape index (κ2) is 4.40. The van der Waals surface area contributed by atoms with Crippen LogP contribution in [-0.2, 0) is 11.8 Å². The van der Waals surface area contributed by atoms with Crippen molar-refractivity contribution < 1.29 is 14.6 Å². The van der Waals surface area contributed by atoms with E-state index in [0.717, 1.165) is 32.2 Å². The number of hydrogen-bond acceptors (Lipinski definition) is 5. The second-order valence-corrected chi connectivity index (χ2v) is 7.45. The lowest BCUT2D eigenvalue weighted by Gasteiger charge is -2.58. The van der Waals surface area contributed by atoms with E-state index in [2.05, 4.69) is 18.0 Å². The molecule has 2 aliphatic heterocycles. The van der Waals surface area contributed by atoms with E-state index < -0.39 is 6.10 Å². The number of hydrogen-bond donors (Lipinski definition) is 1. The highest BCUT2D eigenvalue weighted by Gasteiger charge is 2.65. The van der Waals surface area contributed by atoms with E-state index in [1.54, 1.807) is 6.26 Å². The first-order valence-electron chi connectivity index (χ1n) is 8.44. The van der Waals surface area contributed by atoms with Gasteiger partial charge in [-0.2, -0.15) is 0 Å². The highest BCUT2D eigenvalue weighted by atomic mass is 16.5. The molecule has 5 nitrogen and oxygen atoms in total. The minimum Gasteiger partial charge on any atom is -0.482 e. The number of rotatable bonds is 1. The normalized spacial score (nSPS) is 40.0. The van der Waals surface area contributed by atoms with Crippen molar-refractivity contribution in [2.45, 2.75) is 49.3 Å². The number of piperidine rings is 1. The predicted molar refractivity (Wildman–Crippen MR) is 82.2 cm³/mol. The van der Waals surface area contributed by atoms with Gasteiger partial charge in [-0.1, -0.05) is 6.07 Å². The monoisotopic (exact) mass is 312 g/mol. The SMILES string of the molecule is CN1CC[C@]23c4c5ccc(OC#N)c4O[C@H]2[C@@H](O)CC[C@H]3[C@H]1C5. The minimum atomic E-state index is -0.441. The topological polar surface area (TPSA) is 65.7 Å². The predicted octanol–water partition coefficient (Wildman–Crippen LogP) is 1.58. The molecule has 120 valence electrons. The summed E-state index contributed by atoms with van der Waals surface area (Å²) in [6.07, 6.45) is 4.98. The fourth-order valence-corrected chi connectivity index (χ4v) is 5.83. The molecule has 1 aromatic carbocycles. The number of aliphatic hydroxyl groups is 1. The molecule has 1 saturated heterocycles.